The average Bonchev–Trinajstić information content (AvgIpc) is 3.82. The van der Waals surface area contributed by atoms with Crippen LogP contribution >= 0.6 is 0 Å². The maximum atomic E-state index is 2.48. The van der Waals surface area contributed by atoms with Gasteiger partial charge in [-0.25, -0.2) is 0 Å². The van der Waals surface area contributed by atoms with Gasteiger partial charge in [0.1, 0.15) is 0 Å². The van der Waals surface area contributed by atoms with Crippen molar-refractivity contribution in [2.45, 2.75) is 19.3 Å². The smallest absolute Gasteiger partial charge is 0.0546 e. The van der Waals surface area contributed by atoms with E-state index in [1.54, 1.807) is 0 Å². The summed E-state index contributed by atoms with van der Waals surface area (Å²) in [6.45, 7) is 4.71. The minimum absolute atomic E-state index is 0.0988. The summed E-state index contributed by atoms with van der Waals surface area (Å²) in [5.41, 5.74) is 21.6. The zero-order valence-electron chi connectivity index (χ0n) is 36.5. The van der Waals surface area contributed by atoms with Crippen LogP contribution in [0, 0.1) is 0 Å². The fourth-order valence-electron chi connectivity index (χ4n) is 10.5. The Morgan fingerprint density at radius 2 is 0.892 bits per heavy atom. The summed E-state index contributed by atoms with van der Waals surface area (Å²) in [5, 5.41) is 2.49. The lowest BCUT2D eigenvalue weighted by molar-refractivity contribution is 0.660. The normalized spacial score (nSPS) is 12.6. The summed E-state index contributed by atoms with van der Waals surface area (Å²) in [7, 11) is 0. The molecule has 11 aromatic rings. The molecule has 0 saturated carbocycles. The summed E-state index contributed by atoms with van der Waals surface area (Å²) in [4.78, 5) is 2.48. The quantitative estimate of drug-likeness (QED) is 0.148. The van der Waals surface area contributed by atoms with Gasteiger partial charge in [-0.1, -0.05) is 196 Å². The third-order valence-electron chi connectivity index (χ3n) is 13.6. The first-order chi connectivity index (χ1) is 32.0. The lowest BCUT2D eigenvalue weighted by atomic mass is 9.82. The molecule has 0 fully saturated rings. The lowest BCUT2D eigenvalue weighted by Crippen LogP contribution is -2.15. The number of rotatable bonds is 8. The highest BCUT2D eigenvalue weighted by Crippen LogP contribution is 2.53. The molecule has 308 valence electrons. The first-order valence-corrected chi connectivity index (χ1v) is 22.6. The highest BCUT2D eigenvalue weighted by molar-refractivity contribution is 6.10. The number of hydrogen-bond donors (Lipinski definition) is 0. The van der Waals surface area contributed by atoms with Crippen molar-refractivity contribution in [3.63, 3.8) is 0 Å². The average molecular weight is 831 g/mol. The van der Waals surface area contributed by atoms with Crippen molar-refractivity contribution in [3.05, 3.63) is 254 Å². The Labute approximate surface area is 381 Å². The summed E-state index contributed by atoms with van der Waals surface area (Å²) >= 11 is 0. The van der Waals surface area contributed by atoms with E-state index in [4.69, 9.17) is 0 Å². The van der Waals surface area contributed by atoms with Gasteiger partial charge in [0.05, 0.1) is 16.7 Å². The van der Waals surface area contributed by atoms with Gasteiger partial charge < -0.3 is 9.47 Å². The lowest BCUT2D eigenvalue weighted by Gasteiger charge is -2.31. The maximum Gasteiger partial charge on any atom is 0.0546 e. The molecule has 0 radical (unpaired) electrons. The summed E-state index contributed by atoms with van der Waals surface area (Å²) in [5.74, 6) is 0. The topological polar surface area (TPSA) is 8.17 Å². The molecule has 12 rings (SSSR count). The number of nitrogens with zero attached hydrogens (tertiary/aromatic N) is 2. The minimum atomic E-state index is -0.0988. The Morgan fingerprint density at radius 3 is 1.65 bits per heavy atom. The van der Waals surface area contributed by atoms with Gasteiger partial charge in [-0.05, 0) is 122 Å². The Balaban J connectivity index is 1.07. The molecule has 0 unspecified atom stereocenters. The van der Waals surface area contributed by atoms with Gasteiger partial charge in [-0.3, -0.25) is 0 Å². The van der Waals surface area contributed by atoms with Crippen molar-refractivity contribution >= 4 is 38.9 Å². The monoisotopic (exact) mass is 830 g/mol. The van der Waals surface area contributed by atoms with E-state index in [1.807, 2.05) is 0 Å². The molecule has 0 aliphatic heterocycles. The molecule has 0 bridgehead atoms. The highest BCUT2D eigenvalue weighted by Gasteiger charge is 2.36. The van der Waals surface area contributed by atoms with Crippen molar-refractivity contribution in [1.82, 2.24) is 4.57 Å². The number of fused-ring (bicyclic) bond motifs is 6. The van der Waals surface area contributed by atoms with Gasteiger partial charge in [0.25, 0.3) is 0 Å². The Bertz CT molecular complexity index is 3550. The molecule has 2 heteroatoms. The van der Waals surface area contributed by atoms with Crippen LogP contribution in [0.1, 0.15) is 25.0 Å². The predicted octanol–water partition coefficient (Wildman–Crippen LogP) is 17.2. The second-order valence-electron chi connectivity index (χ2n) is 17.7. The van der Waals surface area contributed by atoms with Crippen LogP contribution in [0.5, 0.6) is 0 Å². The van der Waals surface area contributed by atoms with Crippen LogP contribution in [-0.2, 0) is 5.41 Å². The van der Waals surface area contributed by atoms with E-state index in [2.05, 4.69) is 266 Å². The molecule has 2 nitrogen and oxygen atoms in total. The standard InChI is InChI=1S/C63H46N2/c1-63(2)57-30-16-14-26-52(57)55-42-49(38-39-58(55)63)64(61-32-18-29-51(45-21-8-4-9-22-45)62(61)54-28-13-12-25-50(54)44-19-6-3-7-20-44)48-36-33-43(34-37-48)46-35-40-60-56(41-46)53-27-15-17-31-59(53)65(60)47-23-10-5-11-24-47/h3-42H,1-2H3. The van der Waals surface area contributed by atoms with Gasteiger partial charge in [0.15, 0.2) is 0 Å². The van der Waals surface area contributed by atoms with Gasteiger partial charge >= 0.3 is 0 Å². The van der Waals surface area contributed by atoms with Crippen molar-refractivity contribution in [3.8, 4) is 61.3 Å². The van der Waals surface area contributed by atoms with Crippen molar-refractivity contribution in [2.75, 3.05) is 4.90 Å². The fraction of sp³-hybridized carbons (Fsp3) is 0.0476. The van der Waals surface area contributed by atoms with Crippen molar-refractivity contribution in [2.24, 2.45) is 0 Å². The van der Waals surface area contributed by atoms with Gasteiger partial charge in [-0.15, -0.1) is 0 Å². The van der Waals surface area contributed by atoms with Crippen LogP contribution < -0.4 is 4.90 Å². The Kier molecular flexibility index (Phi) is 9.21. The zero-order chi connectivity index (χ0) is 43.5. The molecule has 0 spiro atoms. The third-order valence-corrected chi connectivity index (χ3v) is 13.6. The molecule has 0 amide bonds. The largest absolute Gasteiger partial charge is 0.310 e. The van der Waals surface area contributed by atoms with Crippen molar-refractivity contribution < 1.29 is 0 Å². The maximum absolute atomic E-state index is 2.48. The molecule has 1 aromatic heterocycles. The van der Waals surface area contributed by atoms with Crippen LogP contribution in [0.2, 0.25) is 0 Å². The zero-order valence-corrected chi connectivity index (χ0v) is 36.5. The van der Waals surface area contributed by atoms with E-state index < -0.39 is 0 Å². The van der Waals surface area contributed by atoms with E-state index in [0.29, 0.717) is 0 Å². The van der Waals surface area contributed by atoms with Crippen LogP contribution in [0.25, 0.3) is 83.1 Å². The first kappa shape index (κ1) is 38.5. The summed E-state index contributed by atoms with van der Waals surface area (Å²) in [6, 6.07) is 88.9. The van der Waals surface area contributed by atoms with Gasteiger partial charge in [-0.2, -0.15) is 0 Å². The van der Waals surface area contributed by atoms with E-state index in [9.17, 15) is 0 Å². The molecule has 0 N–H and O–H groups in total. The first-order valence-electron chi connectivity index (χ1n) is 22.6. The van der Waals surface area contributed by atoms with Crippen molar-refractivity contribution in [1.29, 1.82) is 0 Å². The number of benzene rings is 10. The molecule has 0 atom stereocenters. The Hall–Kier alpha value is -8.20. The van der Waals surface area contributed by atoms with Crippen LogP contribution in [0.15, 0.2) is 243 Å². The van der Waals surface area contributed by atoms with E-state index in [-0.39, 0.29) is 5.41 Å². The molecule has 10 aromatic carbocycles. The predicted molar refractivity (Wildman–Crippen MR) is 275 cm³/mol. The van der Waals surface area contributed by atoms with Crippen LogP contribution in [0.3, 0.4) is 0 Å². The number of anilines is 3. The molecule has 1 aliphatic rings. The van der Waals surface area contributed by atoms with E-state index in [0.717, 1.165) is 22.7 Å². The molecule has 1 aliphatic carbocycles. The molecule has 1 heterocycles. The summed E-state index contributed by atoms with van der Waals surface area (Å²) in [6.07, 6.45) is 0. The highest BCUT2D eigenvalue weighted by atomic mass is 15.1. The number of para-hydroxylation sites is 2. The van der Waals surface area contributed by atoms with Crippen LogP contribution in [-0.4, -0.2) is 4.57 Å². The number of hydrogen-bond acceptors (Lipinski definition) is 1. The number of aromatic nitrogens is 1. The van der Waals surface area contributed by atoms with E-state index in [1.165, 1.54) is 88.6 Å². The van der Waals surface area contributed by atoms with Gasteiger partial charge in [0.2, 0.25) is 0 Å². The van der Waals surface area contributed by atoms with E-state index >= 15 is 0 Å². The van der Waals surface area contributed by atoms with Gasteiger partial charge in [0, 0.05) is 38.8 Å². The molecule has 0 saturated heterocycles. The summed E-state index contributed by atoms with van der Waals surface area (Å²) < 4.78 is 2.38. The molecule has 65 heavy (non-hydrogen) atoms. The van der Waals surface area contributed by atoms with Crippen LogP contribution in [0.4, 0.5) is 17.1 Å². The second-order valence-corrected chi connectivity index (χ2v) is 17.7. The third kappa shape index (κ3) is 6.40. The Morgan fingerprint density at radius 1 is 0.338 bits per heavy atom. The second kappa shape index (κ2) is 15.6. The minimum Gasteiger partial charge on any atom is -0.310 e. The molecular formula is C63H46N2. The molecular weight excluding hydrogens is 785 g/mol. The fourth-order valence-corrected chi connectivity index (χ4v) is 10.5. The SMILES string of the molecule is CC1(C)c2ccccc2-c2cc(N(c3ccc(-c4ccc5c(c4)c4ccccc4n5-c4ccccc4)cc3)c3cccc(-c4ccccc4)c3-c3ccccc3-c3ccccc3)ccc21.